The Bertz CT molecular complexity index is 1120. The van der Waals surface area contributed by atoms with Gasteiger partial charge in [-0.05, 0) is 31.5 Å². The number of anilines is 1. The number of hydrogen-bond donors (Lipinski definition) is 1. The summed E-state index contributed by atoms with van der Waals surface area (Å²) >= 11 is 7.62. The van der Waals surface area contributed by atoms with Gasteiger partial charge >= 0.3 is 0 Å². The fourth-order valence-corrected chi connectivity index (χ4v) is 4.07. The first-order valence-corrected chi connectivity index (χ1v) is 12.3. The minimum absolute atomic E-state index is 0.0677. The third kappa shape index (κ3) is 6.57. The van der Waals surface area contributed by atoms with Gasteiger partial charge in [0.05, 0.1) is 29.3 Å². The standard InChI is InChI=1S/C18H20ClN5O4S2/c1-11-22-17(20)24-18(23-11)29-10-16-21-9-15(28-16)12-4-5-14(13(19)8-12)27-6-3-7-30(2,25)26/h4-5,8-9H,3,6-7,10H2,1-2H3,(H2,20,22,23,24). The molecule has 0 atom stereocenters. The number of sulfone groups is 1. The van der Waals surface area contributed by atoms with Gasteiger partial charge in [-0.25, -0.2) is 18.4 Å². The van der Waals surface area contributed by atoms with Crippen LogP contribution in [-0.2, 0) is 15.6 Å². The average molecular weight is 470 g/mol. The van der Waals surface area contributed by atoms with E-state index in [0.717, 1.165) is 5.56 Å². The zero-order chi connectivity index (χ0) is 21.7. The molecule has 12 heteroatoms. The van der Waals surface area contributed by atoms with E-state index in [9.17, 15) is 8.42 Å². The van der Waals surface area contributed by atoms with Crippen LogP contribution in [0, 0.1) is 6.92 Å². The summed E-state index contributed by atoms with van der Waals surface area (Å²) in [5.41, 5.74) is 6.37. The van der Waals surface area contributed by atoms with Crippen molar-refractivity contribution in [1.82, 2.24) is 19.9 Å². The summed E-state index contributed by atoms with van der Waals surface area (Å²) in [5.74, 6) is 2.76. The lowest BCUT2D eigenvalue weighted by atomic mass is 10.2. The number of thioether (sulfide) groups is 1. The lowest BCUT2D eigenvalue weighted by molar-refractivity contribution is 0.318. The van der Waals surface area contributed by atoms with Crippen LogP contribution in [0.4, 0.5) is 5.95 Å². The average Bonchev–Trinajstić information content (AvgIpc) is 3.12. The van der Waals surface area contributed by atoms with Gasteiger partial charge < -0.3 is 14.9 Å². The van der Waals surface area contributed by atoms with E-state index in [1.54, 1.807) is 31.3 Å². The second-order valence-corrected chi connectivity index (χ2v) is 10.0. The number of aryl methyl sites for hydroxylation is 1. The molecule has 2 heterocycles. The van der Waals surface area contributed by atoms with Gasteiger partial charge in [0.2, 0.25) is 11.8 Å². The second kappa shape index (κ2) is 9.63. The van der Waals surface area contributed by atoms with E-state index in [1.165, 1.54) is 18.0 Å². The number of hydrogen-bond acceptors (Lipinski definition) is 10. The largest absolute Gasteiger partial charge is 0.492 e. The topological polar surface area (TPSA) is 134 Å². The number of ether oxygens (including phenoxy) is 1. The highest BCUT2D eigenvalue weighted by Gasteiger charge is 2.12. The summed E-state index contributed by atoms with van der Waals surface area (Å²) in [4.78, 5) is 16.5. The van der Waals surface area contributed by atoms with Crippen molar-refractivity contribution < 1.29 is 17.6 Å². The SMILES string of the molecule is Cc1nc(N)nc(SCc2ncc(-c3ccc(OCCCS(C)(=O)=O)c(Cl)c3)o2)n1. The Labute approximate surface area is 183 Å². The van der Waals surface area contributed by atoms with Crippen molar-refractivity contribution in [2.45, 2.75) is 24.3 Å². The number of oxazole rings is 1. The summed E-state index contributed by atoms with van der Waals surface area (Å²) in [6.07, 6.45) is 3.20. The maximum absolute atomic E-state index is 11.2. The highest BCUT2D eigenvalue weighted by atomic mass is 35.5. The van der Waals surface area contributed by atoms with Gasteiger partial charge in [-0.1, -0.05) is 23.4 Å². The lowest BCUT2D eigenvalue weighted by Gasteiger charge is -2.08. The van der Waals surface area contributed by atoms with Crippen LogP contribution in [0.2, 0.25) is 5.02 Å². The van der Waals surface area contributed by atoms with E-state index in [2.05, 4.69) is 19.9 Å². The third-order valence-corrected chi connectivity index (χ3v) is 5.91. The van der Waals surface area contributed by atoms with Crippen molar-refractivity contribution >= 4 is 39.1 Å². The number of aromatic nitrogens is 4. The van der Waals surface area contributed by atoms with Crippen LogP contribution in [0.25, 0.3) is 11.3 Å². The van der Waals surface area contributed by atoms with Crippen molar-refractivity contribution in [2.75, 3.05) is 24.3 Å². The minimum atomic E-state index is -3.01. The first-order chi connectivity index (χ1) is 14.2. The predicted octanol–water partition coefficient (Wildman–Crippen LogP) is 3.18. The molecule has 0 spiro atoms. The molecule has 0 aliphatic rings. The Morgan fingerprint density at radius 2 is 2.07 bits per heavy atom. The quantitative estimate of drug-likeness (QED) is 0.367. The van der Waals surface area contributed by atoms with E-state index in [4.69, 9.17) is 26.5 Å². The molecule has 0 amide bonds. The molecule has 0 aliphatic carbocycles. The van der Waals surface area contributed by atoms with Gasteiger partial charge in [-0.15, -0.1) is 0 Å². The highest BCUT2D eigenvalue weighted by Crippen LogP contribution is 2.31. The summed E-state index contributed by atoms with van der Waals surface area (Å²) in [7, 11) is -3.01. The number of halogens is 1. The summed E-state index contributed by atoms with van der Waals surface area (Å²) in [6, 6.07) is 5.22. The van der Waals surface area contributed by atoms with Crippen molar-refractivity contribution in [3.63, 3.8) is 0 Å². The summed E-state index contributed by atoms with van der Waals surface area (Å²) in [6.45, 7) is 2.01. The van der Waals surface area contributed by atoms with E-state index in [1.807, 2.05) is 0 Å². The number of nitrogen functional groups attached to an aromatic ring is 1. The number of rotatable bonds is 9. The Kier molecular flexibility index (Phi) is 7.16. The van der Waals surface area contributed by atoms with Crippen LogP contribution in [0.15, 0.2) is 34.0 Å². The first kappa shape index (κ1) is 22.3. The molecular formula is C18H20ClN5O4S2. The lowest BCUT2D eigenvalue weighted by Crippen LogP contribution is -2.08. The van der Waals surface area contributed by atoms with Crippen molar-refractivity contribution in [2.24, 2.45) is 0 Å². The number of benzene rings is 1. The molecule has 3 rings (SSSR count). The summed E-state index contributed by atoms with van der Waals surface area (Å²) < 4.78 is 33.7. The smallest absolute Gasteiger partial charge is 0.224 e. The molecule has 0 bridgehead atoms. The highest BCUT2D eigenvalue weighted by molar-refractivity contribution is 7.98. The first-order valence-electron chi connectivity index (χ1n) is 8.86. The molecule has 1 aromatic carbocycles. The van der Waals surface area contributed by atoms with Crippen molar-refractivity contribution in [1.29, 1.82) is 0 Å². The maximum atomic E-state index is 11.2. The van der Waals surface area contributed by atoms with Gasteiger partial charge in [0, 0.05) is 11.8 Å². The fraction of sp³-hybridized carbons (Fsp3) is 0.333. The molecule has 160 valence electrons. The molecule has 2 aromatic heterocycles. The molecule has 30 heavy (non-hydrogen) atoms. The molecule has 0 saturated heterocycles. The third-order valence-electron chi connectivity index (χ3n) is 3.76. The van der Waals surface area contributed by atoms with Gasteiger partial charge in [0.1, 0.15) is 21.4 Å². The molecule has 0 unspecified atom stereocenters. The van der Waals surface area contributed by atoms with E-state index >= 15 is 0 Å². The van der Waals surface area contributed by atoms with Crippen molar-refractivity contribution in [3.8, 4) is 17.1 Å². The fourth-order valence-electron chi connectivity index (χ4n) is 2.45. The maximum Gasteiger partial charge on any atom is 0.224 e. The Hall–Kier alpha value is -2.37. The van der Waals surface area contributed by atoms with E-state index < -0.39 is 9.84 Å². The Balaban J connectivity index is 1.60. The zero-order valence-corrected chi connectivity index (χ0v) is 18.7. The molecule has 3 aromatic rings. The van der Waals surface area contributed by atoms with Crippen LogP contribution in [-0.4, -0.2) is 47.0 Å². The van der Waals surface area contributed by atoms with E-state index in [0.29, 0.717) is 45.6 Å². The number of nitrogens with zero attached hydrogens (tertiary/aromatic N) is 4. The molecule has 0 saturated carbocycles. The zero-order valence-electron chi connectivity index (χ0n) is 16.3. The molecule has 9 nitrogen and oxygen atoms in total. The second-order valence-electron chi connectivity index (χ2n) is 6.41. The Morgan fingerprint density at radius 1 is 1.27 bits per heavy atom. The van der Waals surface area contributed by atoms with Crippen LogP contribution >= 0.6 is 23.4 Å². The van der Waals surface area contributed by atoms with Gasteiger partial charge in [0.15, 0.2) is 10.9 Å². The van der Waals surface area contributed by atoms with Gasteiger partial charge in [0.25, 0.3) is 0 Å². The van der Waals surface area contributed by atoms with Crippen LogP contribution in [0.1, 0.15) is 18.1 Å². The van der Waals surface area contributed by atoms with Crippen molar-refractivity contribution in [3.05, 3.63) is 41.1 Å². The van der Waals surface area contributed by atoms with Gasteiger partial charge in [-0.3, -0.25) is 0 Å². The molecular weight excluding hydrogens is 450 g/mol. The van der Waals surface area contributed by atoms with E-state index in [-0.39, 0.29) is 18.3 Å². The van der Waals surface area contributed by atoms with Gasteiger partial charge in [-0.2, -0.15) is 9.97 Å². The van der Waals surface area contributed by atoms with Crippen LogP contribution < -0.4 is 10.5 Å². The molecule has 0 fully saturated rings. The summed E-state index contributed by atoms with van der Waals surface area (Å²) in [5, 5.41) is 0.899. The van der Waals surface area contributed by atoms with Crippen LogP contribution in [0.3, 0.4) is 0 Å². The predicted molar refractivity (Wildman–Crippen MR) is 115 cm³/mol. The normalized spacial score (nSPS) is 11.6. The molecule has 0 radical (unpaired) electrons. The monoisotopic (exact) mass is 469 g/mol. The Morgan fingerprint density at radius 3 is 2.77 bits per heavy atom. The molecule has 0 aliphatic heterocycles. The minimum Gasteiger partial charge on any atom is -0.492 e. The number of nitrogens with two attached hydrogens (primary N) is 1. The molecule has 2 N–H and O–H groups in total. The van der Waals surface area contributed by atoms with Crippen LogP contribution in [0.5, 0.6) is 5.75 Å².